The molecule has 3 aromatic carbocycles. The van der Waals surface area contributed by atoms with Crippen LogP contribution in [0.3, 0.4) is 0 Å². The number of halogens is 4. The zero-order valence-corrected chi connectivity index (χ0v) is 26.6. The number of methoxy groups -OCH3 is 1. The van der Waals surface area contributed by atoms with E-state index in [1.807, 2.05) is 0 Å². The fourth-order valence-electron chi connectivity index (χ4n) is 5.45. The van der Waals surface area contributed by atoms with E-state index in [2.05, 4.69) is 10.3 Å². The van der Waals surface area contributed by atoms with E-state index in [0.29, 0.717) is 40.7 Å². The van der Waals surface area contributed by atoms with Crippen molar-refractivity contribution in [2.24, 2.45) is 17.1 Å². The fourth-order valence-corrected chi connectivity index (χ4v) is 5.45. The Kier molecular flexibility index (Phi) is 10.9. The van der Waals surface area contributed by atoms with Crippen molar-refractivity contribution < 1.29 is 32.6 Å². The summed E-state index contributed by atoms with van der Waals surface area (Å²) in [7, 11) is 1.56. The largest absolute Gasteiger partial charge is 0.493 e. The van der Waals surface area contributed by atoms with Crippen LogP contribution >= 0.6 is 24.8 Å². The molecule has 0 unspecified atom stereocenters. The quantitative estimate of drug-likeness (QED) is 0.185. The number of primary amides is 1. The average Bonchev–Trinajstić information content (AvgIpc) is 3.85. The highest BCUT2D eigenvalue weighted by atomic mass is 35.5. The molecule has 1 aromatic heterocycles. The van der Waals surface area contributed by atoms with E-state index in [9.17, 15) is 14.0 Å². The zero-order valence-electron chi connectivity index (χ0n) is 25.0. The number of pyridine rings is 1. The lowest BCUT2D eigenvalue weighted by molar-refractivity contribution is -0.133. The van der Waals surface area contributed by atoms with Gasteiger partial charge in [-0.25, -0.2) is 8.78 Å². The van der Waals surface area contributed by atoms with Crippen LogP contribution in [0.2, 0.25) is 0 Å². The van der Waals surface area contributed by atoms with Gasteiger partial charge in [-0.2, -0.15) is 0 Å². The lowest BCUT2D eigenvalue weighted by Crippen LogP contribution is -2.41. The minimum absolute atomic E-state index is 0. The van der Waals surface area contributed by atoms with Gasteiger partial charge in [0.25, 0.3) is 0 Å². The summed E-state index contributed by atoms with van der Waals surface area (Å²) in [6.07, 6.45) is 4.16. The number of piperidine rings is 1. The van der Waals surface area contributed by atoms with Gasteiger partial charge in [0.05, 0.1) is 24.9 Å². The number of hydrogen-bond acceptors (Lipinski definition) is 7. The highest BCUT2D eigenvalue weighted by molar-refractivity contribution is 6.16. The maximum absolute atomic E-state index is 15.7. The SMILES string of the molecule is COc1cc2nccc(Oc3ccc(N(C(=O)C4(C(N)=O)CC4)c4ccc(F)cc4)cc3F)c2cc1OCC1CCNCC1.Cl.Cl. The number of carbonyl (C=O) groups is 2. The molecule has 2 amide bonds. The molecule has 1 aliphatic carbocycles. The molecule has 9 nitrogen and oxygen atoms in total. The summed E-state index contributed by atoms with van der Waals surface area (Å²) < 4.78 is 47.1. The van der Waals surface area contributed by atoms with E-state index in [4.69, 9.17) is 19.9 Å². The standard InChI is InChI=1S/C33H32F2N4O5.2ClH/c1-42-29-18-26-24(17-30(29)43-19-20-8-13-37-14-9-20)27(10-15-38-26)44-28-7-6-23(16-25(28)35)39(22-4-2-21(34)3-5-22)32(41)33(11-12-33)31(36)40;;/h2-7,10,15-18,20,37H,8-9,11-14,19H2,1H3,(H2,36,40);2*1H. The second-order valence-electron chi connectivity index (χ2n) is 11.1. The summed E-state index contributed by atoms with van der Waals surface area (Å²) in [4.78, 5) is 31.3. The number of nitrogens with two attached hydrogens (primary N) is 1. The van der Waals surface area contributed by atoms with Gasteiger partial charge in [-0.05, 0) is 93.2 Å². The second kappa shape index (κ2) is 14.5. The molecule has 0 atom stereocenters. The van der Waals surface area contributed by atoms with Crippen LogP contribution in [-0.4, -0.2) is 43.6 Å². The molecule has 6 rings (SSSR count). The Morgan fingerprint density at radius 2 is 1.63 bits per heavy atom. The first-order chi connectivity index (χ1) is 21.3. The van der Waals surface area contributed by atoms with Gasteiger partial charge in [0, 0.05) is 29.4 Å². The lowest BCUT2D eigenvalue weighted by Gasteiger charge is -2.26. The number of fused-ring (bicyclic) bond motifs is 1. The summed E-state index contributed by atoms with van der Waals surface area (Å²) in [5.41, 5.74) is 5.15. The first-order valence-corrected chi connectivity index (χ1v) is 14.5. The maximum atomic E-state index is 15.7. The number of ether oxygens (including phenoxy) is 3. The highest BCUT2D eigenvalue weighted by Crippen LogP contribution is 2.49. The topological polar surface area (TPSA) is 116 Å². The van der Waals surface area contributed by atoms with E-state index >= 15 is 4.39 Å². The predicted molar refractivity (Wildman–Crippen MR) is 175 cm³/mol. The van der Waals surface area contributed by atoms with Crippen molar-refractivity contribution in [1.29, 1.82) is 0 Å². The van der Waals surface area contributed by atoms with Gasteiger partial charge in [-0.1, -0.05) is 0 Å². The summed E-state index contributed by atoms with van der Waals surface area (Å²) in [5, 5.41) is 3.94. The summed E-state index contributed by atoms with van der Waals surface area (Å²) >= 11 is 0. The Morgan fingerprint density at radius 1 is 0.935 bits per heavy atom. The predicted octanol–water partition coefficient (Wildman–Crippen LogP) is 6.47. The monoisotopic (exact) mass is 674 g/mol. The molecule has 244 valence electrons. The summed E-state index contributed by atoms with van der Waals surface area (Å²) in [6.45, 7) is 2.45. The zero-order chi connectivity index (χ0) is 30.8. The van der Waals surface area contributed by atoms with Crippen molar-refractivity contribution in [1.82, 2.24) is 10.3 Å². The van der Waals surface area contributed by atoms with Gasteiger partial charge < -0.3 is 25.3 Å². The number of hydrogen-bond donors (Lipinski definition) is 2. The maximum Gasteiger partial charge on any atom is 0.247 e. The van der Waals surface area contributed by atoms with Crippen LogP contribution in [0.25, 0.3) is 10.9 Å². The highest BCUT2D eigenvalue weighted by Gasteiger charge is 2.57. The van der Waals surface area contributed by atoms with Crippen molar-refractivity contribution in [3.05, 3.63) is 78.5 Å². The van der Waals surface area contributed by atoms with Gasteiger partial charge in [-0.3, -0.25) is 19.5 Å². The molecule has 1 aliphatic heterocycles. The minimum atomic E-state index is -1.38. The molecule has 1 saturated heterocycles. The van der Waals surface area contributed by atoms with Crippen molar-refractivity contribution in [3.8, 4) is 23.0 Å². The van der Waals surface area contributed by atoms with Crippen LogP contribution in [0.4, 0.5) is 20.2 Å². The van der Waals surface area contributed by atoms with Crippen molar-refractivity contribution >= 4 is 58.9 Å². The number of aromatic nitrogens is 1. The molecular weight excluding hydrogens is 641 g/mol. The van der Waals surface area contributed by atoms with E-state index in [0.717, 1.165) is 32.0 Å². The van der Waals surface area contributed by atoms with Gasteiger partial charge in [-0.15, -0.1) is 24.8 Å². The van der Waals surface area contributed by atoms with Gasteiger partial charge >= 0.3 is 0 Å². The van der Waals surface area contributed by atoms with Crippen LogP contribution in [0.15, 0.2) is 66.9 Å². The molecule has 4 aromatic rings. The molecular formula is C33H34Cl2F2N4O5. The molecule has 13 heteroatoms. The minimum Gasteiger partial charge on any atom is -0.493 e. The van der Waals surface area contributed by atoms with E-state index in [-0.39, 0.29) is 54.8 Å². The van der Waals surface area contributed by atoms with Crippen LogP contribution in [0, 0.1) is 23.0 Å². The van der Waals surface area contributed by atoms with Gasteiger partial charge in [0.2, 0.25) is 11.8 Å². The van der Waals surface area contributed by atoms with Crippen LogP contribution in [0.5, 0.6) is 23.0 Å². The second-order valence-corrected chi connectivity index (χ2v) is 11.1. The number of nitrogens with zero attached hydrogens (tertiary/aromatic N) is 2. The van der Waals surface area contributed by atoms with Crippen LogP contribution < -0.4 is 30.2 Å². The number of anilines is 2. The Balaban J connectivity index is 0.00000240. The molecule has 3 N–H and O–H groups in total. The first-order valence-electron chi connectivity index (χ1n) is 14.5. The fraction of sp³-hybridized carbons (Fsp3) is 0.303. The van der Waals surface area contributed by atoms with Crippen LogP contribution in [-0.2, 0) is 9.59 Å². The van der Waals surface area contributed by atoms with E-state index < -0.39 is 28.9 Å². The molecule has 0 spiro atoms. The molecule has 2 aliphatic rings. The number of nitrogens with one attached hydrogen (secondary N) is 1. The normalized spacial score (nSPS) is 15.2. The average molecular weight is 676 g/mol. The summed E-state index contributed by atoms with van der Waals surface area (Å²) in [6, 6.07) is 14.3. The molecule has 2 heterocycles. The van der Waals surface area contributed by atoms with Gasteiger partial charge in [0.15, 0.2) is 23.1 Å². The number of amides is 2. The molecule has 1 saturated carbocycles. The number of carbonyl (C=O) groups excluding carboxylic acids is 2. The van der Waals surface area contributed by atoms with Crippen molar-refractivity contribution in [3.63, 3.8) is 0 Å². The van der Waals surface area contributed by atoms with Crippen molar-refractivity contribution in [2.45, 2.75) is 25.7 Å². The Bertz CT molecular complexity index is 1720. The Labute approximate surface area is 277 Å². The van der Waals surface area contributed by atoms with Gasteiger partial charge in [0.1, 0.15) is 17.0 Å². The third kappa shape index (κ3) is 6.96. The van der Waals surface area contributed by atoms with E-state index in [1.54, 1.807) is 31.5 Å². The van der Waals surface area contributed by atoms with Crippen LogP contribution in [0.1, 0.15) is 25.7 Å². The van der Waals surface area contributed by atoms with E-state index in [1.165, 1.54) is 41.3 Å². The number of benzene rings is 3. The molecule has 0 bridgehead atoms. The molecule has 2 fully saturated rings. The number of rotatable bonds is 10. The Morgan fingerprint density at radius 3 is 2.26 bits per heavy atom. The molecule has 46 heavy (non-hydrogen) atoms. The van der Waals surface area contributed by atoms with Crippen molar-refractivity contribution in [2.75, 3.05) is 31.7 Å². The third-order valence-electron chi connectivity index (χ3n) is 8.23. The first kappa shape index (κ1) is 34.7. The third-order valence-corrected chi connectivity index (χ3v) is 8.23. The Hall–Kier alpha value is -4.19. The molecule has 0 radical (unpaired) electrons. The smallest absolute Gasteiger partial charge is 0.247 e. The lowest BCUT2D eigenvalue weighted by atomic mass is 9.99. The summed E-state index contributed by atoms with van der Waals surface area (Å²) in [5.74, 6) is -0.893.